The van der Waals surface area contributed by atoms with E-state index < -0.39 is 22.2 Å². The third-order valence-electron chi connectivity index (χ3n) is 3.62. The van der Waals surface area contributed by atoms with Crippen molar-refractivity contribution in [3.8, 4) is 0 Å². The number of anilines is 1. The third kappa shape index (κ3) is 3.22. The van der Waals surface area contributed by atoms with Crippen molar-refractivity contribution in [3.05, 3.63) is 33.9 Å². The Morgan fingerprint density at radius 1 is 1.40 bits per heavy atom. The van der Waals surface area contributed by atoms with Gasteiger partial charge in [-0.25, -0.2) is 4.39 Å². The minimum absolute atomic E-state index is 0.102. The average molecular weight is 286 g/mol. The summed E-state index contributed by atoms with van der Waals surface area (Å²) in [6.07, 6.45) is 1.59. The van der Waals surface area contributed by atoms with Gasteiger partial charge in [-0.2, -0.15) is 4.39 Å². The summed E-state index contributed by atoms with van der Waals surface area (Å²) in [7, 11) is 0. The number of benzene rings is 1. The molecule has 0 atom stereocenters. The molecular formula is C13H16F2N2O3. The van der Waals surface area contributed by atoms with Gasteiger partial charge in [0, 0.05) is 31.9 Å². The van der Waals surface area contributed by atoms with E-state index in [0.29, 0.717) is 25.8 Å². The monoisotopic (exact) mass is 286 g/mol. The molecule has 7 heteroatoms. The number of nitro benzene ring substituents is 1. The molecule has 0 radical (unpaired) electrons. The van der Waals surface area contributed by atoms with Gasteiger partial charge in [0.15, 0.2) is 0 Å². The van der Waals surface area contributed by atoms with Crippen LogP contribution < -0.4 is 5.32 Å². The first-order valence-electron chi connectivity index (χ1n) is 6.36. The molecule has 1 aromatic carbocycles. The number of halogens is 2. The van der Waals surface area contributed by atoms with E-state index >= 15 is 0 Å². The maximum absolute atomic E-state index is 13.5. The zero-order chi connectivity index (χ0) is 14.8. The van der Waals surface area contributed by atoms with Crippen LogP contribution in [-0.2, 0) is 4.74 Å². The molecule has 5 nitrogen and oxygen atoms in total. The quantitative estimate of drug-likeness (QED) is 0.682. The first-order chi connectivity index (χ1) is 9.41. The molecule has 1 aliphatic rings. The Morgan fingerprint density at radius 3 is 2.65 bits per heavy atom. The fraction of sp³-hybridized carbons (Fsp3) is 0.538. The number of nitro groups is 1. The summed E-state index contributed by atoms with van der Waals surface area (Å²) >= 11 is 0. The van der Waals surface area contributed by atoms with Crippen LogP contribution in [0.2, 0.25) is 0 Å². The van der Waals surface area contributed by atoms with Gasteiger partial charge >= 0.3 is 5.69 Å². The molecule has 0 amide bonds. The van der Waals surface area contributed by atoms with Gasteiger partial charge in [0.25, 0.3) is 0 Å². The molecule has 0 aromatic heterocycles. The summed E-state index contributed by atoms with van der Waals surface area (Å²) in [5, 5.41) is 13.7. The molecule has 1 fully saturated rings. The van der Waals surface area contributed by atoms with Crippen LogP contribution in [0.5, 0.6) is 0 Å². The topological polar surface area (TPSA) is 64.4 Å². The fourth-order valence-corrected chi connectivity index (χ4v) is 2.24. The highest BCUT2D eigenvalue weighted by atomic mass is 19.1. The lowest BCUT2D eigenvalue weighted by molar-refractivity contribution is -0.386. The molecule has 110 valence electrons. The van der Waals surface area contributed by atoms with Crippen LogP contribution in [0.1, 0.15) is 19.8 Å². The summed E-state index contributed by atoms with van der Waals surface area (Å²) in [6, 6.07) is 1.46. The van der Waals surface area contributed by atoms with E-state index in [1.807, 2.05) is 6.92 Å². The lowest BCUT2D eigenvalue weighted by Crippen LogP contribution is -2.33. The van der Waals surface area contributed by atoms with Crippen molar-refractivity contribution in [2.75, 3.05) is 25.1 Å². The maximum atomic E-state index is 13.5. The highest BCUT2D eigenvalue weighted by Crippen LogP contribution is 2.33. The second-order valence-corrected chi connectivity index (χ2v) is 5.32. The lowest BCUT2D eigenvalue weighted by atomic mass is 9.82. The third-order valence-corrected chi connectivity index (χ3v) is 3.62. The van der Waals surface area contributed by atoms with Gasteiger partial charge in [0.1, 0.15) is 11.5 Å². The van der Waals surface area contributed by atoms with E-state index in [9.17, 15) is 18.9 Å². The molecule has 1 N–H and O–H groups in total. The molecule has 0 saturated carbocycles. The van der Waals surface area contributed by atoms with Gasteiger partial charge < -0.3 is 10.1 Å². The SMILES string of the molecule is CC1(CNc2cc(F)cc(F)c2[N+](=O)[O-])CCOCC1. The van der Waals surface area contributed by atoms with Crippen LogP contribution in [-0.4, -0.2) is 24.7 Å². The second kappa shape index (κ2) is 5.70. The molecular weight excluding hydrogens is 270 g/mol. The number of nitrogens with zero attached hydrogens (tertiary/aromatic N) is 1. The molecule has 2 rings (SSSR count). The minimum Gasteiger partial charge on any atom is -0.381 e. The standard InChI is InChI=1S/C13H16F2N2O3/c1-13(2-4-20-5-3-13)8-16-11-7-9(14)6-10(15)12(11)17(18)19/h6-7,16H,2-5,8H2,1H3. The predicted molar refractivity (Wildman–Crippen MR) is 69.7 cm³/mol. The van der Waals surface area contributed by atoms with Crippen molar-refractivity contribution in [2.45, 2.75) is 19.8 Å². The molecule has 0 aliphatic carbocycles. The van der Waals surface area contributed by atoms with Crippen LogP contribution in [0.4, 0.5) is 20.2 Å². The van der Waals surface area contributed by atoms with Gasteiger partial charge in [0.2, 0.25) is 5.82 Å². The van der Waals surface area contributed by atoms with E-state index in [4.69, 9.17) is 4.74 Å². The summed E-state index contributed by atoms with van der Waals surface area (Å²) < 4.78 is 32.0. The summed E-state index contributed by atoms with van der Waals surface area (Å²) in [5.74, 6) is -2.01. The Kier molecular flexibility index (Phi) is 4.17. The Morgan fingerprint density at radius 2 is 2.05 bits per heavy atom. The van der Waals surface area contributed by atoms with Gasteiger partial charge in [-0.1, -0.05) is 6.92 Å². The minimum atomic E-state index is -1.17. The highest BCUT2D eigenvalue weighted by Gasteiger charge is 2.29. The molecule has 1 saturated heterocycles. The fourth-order valence-electron chi connectivity index (χ4n) is 2.24. The van der Waals surface area contributed by atoms with E-state index in [2.05, 4.69) is 5.32 Å². The van der Waals surface area contributed by atoms with Gasteiger partial charge in [0.05, 0.1) is 4.92 Å². The normalized spacial score (nSPS) is 17.8. The molecule has 1 heterocycles. The van der Waals surface area contributed by atoms with Crippen molar-refractivity contribution < 1.29 is 18.4 Å². The van der Waals surface area contributed by atoms with Crippen LogP contribution in [0.25, 0.3) is 0 Å². The Labute approximate surface area is 115 Å². The Bertz CT molecular complexity index is 517. The van der Waals surface area contributed by atoms with Crippen LogP contribution >= 0.6 is 0 Å². The van der Waals surface area contributed by atoms with E-state index in [1.54, 1.807) is 0 Å². The van der Waals surface area contributed by atoms with Gasteiger partial charge in [-0.3, -0.25) is 10.1 Å². The predicted octanol–water partition coefficient (Wildman–Crippen LogP) is 3.10. The molecule has 0 unspecified atom stereocenters. The summed E-state index contributed by atoms with van der Waals surface area (Å²) in [4.78, 5) is 10.0. The number of hydrogen-bond donors (Lipinski definition) is 1. The lowest BCUT2D eigenvalue weighted by Gasteiger charge is -2.33. The highest BCUT2D eigenvalue weighted by molar-refractivity contribution is 5.62. The summed E-state index contributed by atoms with van der Waals surface area (Å²) in [5.41, 5.74) is -0.947. The number of ether oxygens (including phenoxy) is 1. The van der Waals surface area contributed by atoms with E-state index in [-0.39, 0.29) is 11.1 Å². The molecule has 0 bridgehead atoms. The van der Waals surface area contributed by atoms with Crippen LogP contribution in [0, 0.1) is 27.2 Å². The zero-order valence-electron chi connectivity index (χ0n) is 11.1. The Balaban J connectivity index is 2.18. The van der Waals surface area contributed by atoms with Crippen LogP contribution in [0.15, 0.2) is 12.1 Å². The smallest absolute Gasteiger partial charge is 0.327 e. The molecule has 20 heavy (non-hydrogen) atoms. The second-order valence-electron chi connectivity index (χ2n) is 5.32. The number of nitrogens with one attached hydrogen (secondary N) is 1. The van der Waals surface area contributed by atoms with Crippen LogP contribution in [0.3, 0.4) is 0 Å². The zero-order valence-corrected chi connectivity index (χ0v) is 11.1. The van der Waals surface area contributed by atoms with Crippen molar-refractivity contribution in [1.82, 2.24) is 0 Å². The Hall–Kier alpha value is -1.76. The average Bonchev–Trinajstić information content (AvgIpc) is 2.36. The number of hydrogen-bond acceptors (Lipinski definition) is 4. The largest absolute Gasteiger partial charge is 0.381 e. The molecule has 0 spiro atoms. The van der Waals surface area contributed by atoms with E-state index in [0.717, 1.165) is 18.9 Å². The maximum Gasteiger partial charge on any atom is 0.327 e. The molecule has 1 aromatic rings. The first-order valence-corrected chi connectivity index (χ1v) is 6.36. The van der Waals surface area contributed by atoms with Crippen molar-refractivity contribution in [1.29, 1.82) is 0 Å². The molecule has 1 aliphatic heterocycles. The number of rotatable bonds is 4. The first kappa shape index (κ1) is 14.6. The van der Waals surface area contributed by atoms with Crippen molar-refractivity contribution in [2.24, 2.45) is 5.41 Å². The van der Waals surface area contributed by atoms with Crippen molar-refractivity contribution >= 4 is 11.4 Å². The summed E-state index contributed by atoms with van der Waals surface area (Å²) in [6.45, 7) is 3.67. The van der Waals surface area contributed by atoms with Gasteiger partial charge in [-0.05, 0) is 18.3 Å². The van der Waals surface area contributed by atoms with E-state index in [1.165, 1.54) is 0 Å². The van der Waals surface area contributed by atoms with Gasteiger partial charge in [-0.15, -0.1) is 0 Å². The van der Waals surface area contributed by atoms with Crippen molar-refractivity contribution in [3.63, 3.8) is 0 Å².